The van der Waals surface area contributed by atoms with Crippen molar-refractivity contribution in [3.63, 3.8) is 0 Å². The van der Waals surface area contributed by atoms with E-state index in [0.29, 0.717) is 28.4 Å². The van der Waals surface area contributed by atoms with Crippen molar-refractivity contribution in [2.45, 2.75) is 25.1 Å². The molecule has 0 aliphatic carbocycles. The van der Waals surface area contributed by atoms with Gasteiger partial charge in [0.2, 0.25) is 5.91 Å². The molecule has 3 aromatic carbocycles. The third kappa shape index (κ3) is 7.37. The van der Waals surface area contributed by atoms with Gasteiger partial charge in [-0.05, 0) is 76.7 Å². The first-order valence-corrected chi connectivity index (χ1v) is 13.2. The molecule has 3 N–H and O–H groups in total. The van der Waals surface area contributed by atoms with Crippen LogP contribution >= 0.6 is 22.6 Å². The fourth-order valence-corrected chi connectivity index (χ4v) is 4.79. The number of para-hydroxylation sites is 1. The topological polar surface area (TPSA) is 117 Å². The lowest BCUT2D eigenvalue weighted by atomic mass is 10.1. The summed E-state index contributed by atoms with van der Waals surface area (Å²) in [4.78, 5) is 38.1. The van der Waals surface area contributed by atoms with Crippen molar-refractivity contribution in [2.24, 2.45) is 0 Å². The Hall–Kier alpha value is -3.87. The Morgan fingerprint density at radius 3 is 2.46 bits per heavy atom. The number of rotatable bonds is 9. The summed E-state index contributed by atoms with van der Waals surface area (Å²) < 4.78 is 26.3. The second-order valence-corrected chi connectivity index (χ2v) is 10.1. The third-order valence-electron chi connectivity index (χ3n) is 6.22. The molecule has 0 radical (unpaired) electrons. The SMILES string of the molecule is COc1cc(CC(=O)N2CC(F)CC2COc2ccc(C(=O)O)cc2)ccc1NC(=O)Nc1ccccc1I. The molecule has 1 heterocycles. The molecule has 39 heavy (non-hydrogen) atoms. The van der Waals surface area contributed by atoms with E-state index >= 15 is 0 Å². The number of nitrogens with zero attached hydrogens (tertiary/aromatic N) is 1. The number of alkyl halides is 1. The number of methoxy groups -OCH3 is 1. The van der Waals surface area contributed by atoms with Gasteiger partial charge in [-0.15, -0.1) is 0 Å². The van der Waals surface area contributed by atoms with Crippen LogP contribution in [0.25, 0.3) is 0 Å². The molecule has 2 atom stereocenters. The zero-order chi connectivity index (χ0) is 27.9. The molecule has 3 amide bonds. The largest absolute Gasteiger partial charge is 0.495 e. The molecule has 0 saturated carbocycles. The van der Waals surface area contributed by atoms with E-state index in [-0.39, 0.29) is 37.5 Å². The van der Waals surface area contributed by atoms with Gasteiger partial charge < -0.3 is 30.1 Å². The maximum atomic E-state index is 14.3. The summed E-state index contributed by atoms with van der Waals surface area (Å²) in [6, 6.07) is 17.4. The minimum Gasteiger partial charge on any atom is -0.495 e. The van der Waals surface area contributed by atoms with Gasteiger partial charge in [-0.2, -0.15) is 0 Å². The molecule has 3 aromatic rings. The number of carbonyl (C=O) groups is 3. The Morgan fingerprint density at radius 2 is 1.77 bits per heavy atom. The number of halogens is 2. The second kappa shape index (κ2) is 12.8. The number of anilines is 2. The number of carboxylic acids is 1. The molecule has 1 aliphatic heterocycles. The Labute approximate surface area is 238 Å². The van der Waals surface area contributed by atoms with Crippen molar-refractivity contribution in [3.05, 3.63) is 81.4 Å². The van der Waals surface area contributed by atoms with Gasteiger partial charge in [-0.3, -0.25) is 4.79 Å². The Morgan fingerprint density at radius 1 is 1.05 bits per heavy atom. The van der Waals surface area contributed by atoms with Crippen LogP contribution in [0.2, 0.25) is 0 Å². The molecule has 1 saturated heterocycles. The van der Waals surface area contributed by atoms with Gasteiger partial charge in [0.15, 0.2) is 0 Å². The van der Waals surface area contributed by atoms with Crippen LogP contribution < -0.4 is 20.1 Å². The van der Waals surface area contributed by atoms with E-state index in [1.807, 2.05) is 18.2 Å². The quantitative estimate of drug-likeness (QED) is 0.275. The summed E-state index contributed by atoms with van der Waals surface area (Å²) in [5.74, 6) is -0.481. The lowest BCUT2D eigenvalue weighted by molar-refractivity contribution is -0.132. The van der Waals surface area contributed by atoms with Crippen molar-refractivity contribution < 1.29 is 33.4 Å². The molecule has 0 aromatic heterocycles. The van der Waals surface area contributed by atoms with Crippen LogP contribution in [-0.2, 0) is 11.2 Å². The van der Waals surface area contributed by atoms with E-state index in [1.165, 1.54) is 36.3 Å². The maximum absolute atomic E-state index is 14.3. The Balaban J connectivity index is 1.37. The molecule has 9 nitrogen and oxygen atoms in total. The van der Waals surface area contributed by atoms with E-state index in [4.69, 9.17) is 14.6 Å². The smallest absolute Gasteiger partial charge is 0.335 e. The van der Waals surface area contributed by atoms with Crippen LogP contribution in [0.15, 0.2) is 66.7 Å². The third-order valence-corrected chi connectivity index (χ3v) is 7.16. The van der Waals surface area contributed by atoms with Crippen LogP contribution in [0.3, 0.4) is 0 Å². The van der Waals surface area contributed by atoms with Crippen molar-refractivity contribution in [1.29, 1.82) is 0 Å². The maximum Gasteiger partial charge on any atom is 0.335 e. The number of hydrogen-bond donors (Lipinski definition) is 3. The minimum atomic E-state index is -1.16. The first kappa shape index (κ1) is 28.1. The lowest BCUT2D eigenvalue weighted by Crippen LogP contribution is -2.40. The summed E-state index contributed by atoms with van der Waals surface area (Å²) in [6.45, 7) is 0.0558. The standard InChI is InChI=1S/C28H27FIN3O6/c1-38-25-12-17(6-11-24(25)32-28(37)31-23-5-3-2-4-22(23)30)13-26(34)33-15-19(29)14-20(33)16-39-21-9-7-18(8-10-21)27(35)36/h2-12,19-20H,13-16H2,1H3,(H,35,36)(H2,31,32,37). The number of carbonyl (C=O) groups excluding carboxylic acids is 2. The van der Waals surface area contributed by atoms with Crippen LogP contribution in [-0.4, -0.2) is 60.4 Å². The fraction of sp³-hybridized carbons (Fsp3) is 0.250. The molecule has 4 rings (SSSR count). The van der Waals surface area contributed by atoms with E-state index in [2.05, 4.69) is 33.2 Å². The van der Waals surface area contributed by atoms with Crippen molar-refractivity contribution in [1.82, 2.24) is 4.90 Å². The number of urea groups is 1. The van der Waals surface area contributed by atoms with E-state index in [1.54, 1.807) is 24.3 Å². The summed E-state index contributed by atoms with van der Waals surface area (Å²) >= 11 is 2.13. The molecular weight excluding hydrogens is 620 g/mol. The van der Waals surface area contributed by atoms with Gasteiger partial charge in [0.05, 0.1) is 43.1 Å². The number of nitrogens with one attached hydrogen (secondary N) is 2. The van der Waals surface area contributed by atoms with Gasteiger partial charge in [-0.25, -0.2) is 14.0 Å². The highest BCUT2D eigenvalue weighted by atomic mass is 127. The highest BCUT2D eigenvalue weighted by Gasteiger charge is 2.35. The van der Waals surface area contributed by atoms with E-state index < -0.39 is 24.2 Å². The summed E-state index contributed by atoms with van der Waals surface area (Å²) in [5, 5.41) is 14.6. The molecular formula is C28H27FIN3O6. The lowest BCUT2D eigenvalue weighted by Gasteiger charge is -2.24. The predicted octanol–water partition coefficient (Wildman–Crippen LogP) is 5.20. The predicted molar refractivity (Wildman–Crippen MR) is 152 cm³/mol. The number of likely N-dealkylation sites (tertiary alicyclic amines) is 1. The van der Waals surface area contributed by atoms with Crippen molar-refractivity contribution in [2.75, 3.05) is 30.9 Å². The highest BCUT2D eigenvalue weighted by molar-refractivity contribution is 14.1. The summed E-state index contributed by atoms with van der Waals surface area (Å²) in [6.07, 6.45) is -0.994. The molecule has 1 aliphatic rings. The highest BCUT2D eigenvalue weighted by Crippen LogP contribution is 2.28. The van der Waals surface area contributed by atoms with E-state index in [9.17, 15) is 18.8 Å². The first-order valence-electron chi connectivity index (χ1n) is 12.1. The van der Waals surface area contributed by atoms with Gasteiger partial charge in [-0.1, -0.05) is 18.2 Å². The van der Waals surface area contributed by atoms with Crippen molar-refractivity contribution in [3.8, 4) is 11.5 Å². The number of ether oxygens (including phenoxy) is 2. The molecule has 1 fully saturated rings. The minimum absolute atomic E-state index is 0.0155. The summed E-state index contributed by atoms with van der Waals surface area (Å²) in [5.41, 5.74) is 1.88. The number of benzene rings is 3. The molecule has 0 spiro atoms. The molecule has 204 valence electrons. The fourth-order valence-electron chi connectivity index (χ4n) is 4.27. The first-order chi connectivity index (χ1) is 18.7. The monoisotopic (exact) mass is 647 g/mol. The van der Waals surface area contributed by atoms with Crippen LogP contribution in [0, 0.1) is 3.57 Å². The molecule has 11 heteroatoms. The number of aromatic carboxylic acids is 1. The van der Waals surface area contributed by atoms with Gasteiger partial charge in [0.1, 0.15) is 24.3 Å². The normalized spacial score (nSPS) is 16.4. The average Bonchev–Trinajstić information content (AvgIpc) is 3.30. The van der Waals surface area contributed by atoms with Crippen LogP contribution in [0.1, 0.15) is 22.3 Å². The molecule has 0 bridgehead atoms. The number of amides is 3. The van der Waals surface area contributed by atoms with E-state index in [0.717, 1.165) is 3.57 Å². The van der Waals surface area contributed by atoms with Crippen molar-refractivity contribution >= 4 is 51.9 Å². The Kier molecular flexibility index (Phi) is 9.23. The van der Waals surface area contributed by atoms with Crippen LogP contribution in [0.5, 0.6) is 11.5 Å². The Bertz CT molecular complexity index is 1350. The zero-order valence-corrected chi connectivity index (χ0v) is 23.2. The second-order valence-electron chi connectivity index (χ2n) is 8.94. The van der Waals surface area contributed by atoms with Gasteiger partial charge in [0, 0.05) is 9.99 Å². The molecule has 2 unspecified atom stereocenters. The van der Waals surface area contributed by atoms with Gasteiger partial charge in [0.25, 0.3) is 0 Å². The number of hydrogen-bond acceptors (Lipinski definition) is 5. The summed E-state index contributed by atoms with van der Waals surface area (Å²) in [7, 11) is 1.47. The van der Waals surface area contributed by atoms with Crippen LogP contribution in [0.4, 0.5) is 20.6 Å². The van der Waals surface area contributed by atoms with Gasteiger partial charge >= 0.3 is 12.0 Å². The number of carboxylic acid groups (broad SMARTS) is 1. The zero-order valence-electron chi connectivity index (χ0n) is 21.0. The average molecular weight is 647 g/mol.